The molecule has 3 heteroatoms. The number of rotatable bonds is 7. The summed E-state index contributed by atoms with van der Waals surface area (Å²) in [7, 11) is 1.56. The lowest BCUT2D eigenvalue weighted by Gasteiger charge is -2.15. The molecular weight excluding hydrogens is 228 g/mol. The molecular formula is C15H22O3. The van der Waals surface area contributed by atoms with Crippen LogP contribution in [-0.2, 0) is 4.74 Å². The molecule has 0 fully saturated rings. The number of methoxy groups -OCH3 is 1. The summed E-state index contributed by atoms with van der Waals surface area (Å²) in [5, 5.41) is 0. The van der Waals surface area contributed by atoms with Gasteiger partial charge in [0.2, 0.25) is 0 Å². The molecule has 1 rings (SSSR count). The van der Waals surface area contributed by atoms with Crippen LogP contribution in [0, 0.1) is 5.92 Å². The van der Waals surface area contributed by atoms with Gasteiger partial charge in [0.1, 0.15) is 12.4 Å². The summed E-state index contributed by atoms with van der Waals surface area (Å²) in [6.07, 6.45) is 1.06. The van der Waals surface area contributed by atoms with E-state index < -0.39 is 0 Å². The summed E-state index contributed by atoms with van der Waals surface area (Å²) in [4.78, 5) is 12.0. The molecule has 0 spiro atoms. The molecule has 0 amide bonds. The van der Waals surface area contributed by atoms with Crippen LogP contribution in [0.1, 0.15) is 37.6 Å². The number of carbonyl (C=O) groups is 1. The zero-order valence-corrected chi connectivity index (χ0v) is 11.6. The summed E-state index contributed by atoms with van der Waals surface area (Å²) in [5.74, 6) is 1.13. The minimum absolute atomic E-state index is 0.0388. The fraction of sp³-hybridized carbons (Fsp3) is 0.533. The van der Waals surface area contributed by atoms with E-state index in [4.69, 9.17) is 9.47 Å². The van der Waals surface area contributed by atoms with Gasteiger partial charge in [-0.3, -0.25) is 4.79 Å². The molecule has 0 aliphatic rings. The van der Waals surface area contributed by atoms with Gasteiger partial charge in [-0.1, -0.05) is 26.0 Å². The van der Waals surface area contributed by atoms with E-state index in [1.165, 1.54) is 0 Å². The van der Waals surface area contributed by atoms with Crippen LogP contribution in [0.4, 0.5) is 0 Å². The van der Waals surface area contributed by atoms with Gasteiger partial charge >= 0.3 is 0 Å². The number of hydrogen-bond acceptors (Lipinski definition) is 3. The van der Waals surface area contributed by atoms with Crippen molar-refractivity contribution in [2.45, 2.75) is 33.3 Å². The first-order chi connectivity index (χ1) is 8.54. The Hall–Kier alpha value is -1.35. The molecule has 1 atom stereocenters. The van der Waals surface area contributed by atoms with Gasteiger partial charge in [-0.05, 0) is 31.4 Å². The number of ether oxygens (including phenoxy) is 2. The van der Waals surface area contributed by atoms with E-state index in [9.17, 15) is 4.79 Å². The highest BCUT2D eigenvalue weighted by Gasteiger charge is 2.13. The summed E-state index contributed by atoms with van der Waals surface area (Å²) < 4.78 is 10.7. The number of hydrogen-bond donors (Lipinski definition) is 0. The Kier molecular flexibility index (Phi) is 5.86. The van der Waals surface area contributed by atoms with Crippen LogP contribution in [0.5, 0.6) is 5.75 Å². The summed E-state index contributed by atoms with van der Waals surface area (Å²) in [5.41, 5.74) is 0.580. The summed E-state index contributed by atoms with van der Waals surface area (Å²) in [6.45, 7) is 6.38. The minimum Gasteiger partial charge on any atom is -0.496 e. The van der Waals surface area contributed by atoms with Gasteiger partial charge in [-0.25, -0.2) is 0 Å². The van der Waals surface area contributed by atoms with Crippen molar-refractivity contribution < 1.29 is 14.3 Å². The number of Topliss-reactive ketones (excluding diaryl/α,β-unsaturated/α-hetero) is 1. The Morgan fingerprint density at radius 1 is 1.22 bits per heavy atom. The molecule has 1 aromatic carbocycles. The first-order valence-electron chi connectivity index (χ1n) is 6.32. The number of ketones is 1. The second kappa shape index (κ2) is 7.17. The van der Waals surface area contributed by atoms with E-state index in [1.54, 1.807) is 19.2 Å². The van der Waals surface area contributed by atoms with Crippen molar-refractivity contribution in [2.75, 3.05) is 13.7 Å². The summed E-state index contributed by atoms with van der Waals surface area (Å²) >= 11 is 0. The molecule has 0 saturated heterocycles. The SMILES string of the molecule is COc1ccccc1C(=O)COC(C)CC(C)C. The highest BCUT2D eigenvalue weighted by Crippen LogP contribution is 2.18. The van der Waals surface area contributed by atoms with Crippen LogP contribution in [-0.4, -0.2) is 25.6 Å². The molecule has 3 nitrogen and oxygen atoms in total. The molecule has 0 heterocycles. The number of benzene rings is 1. The molecule has 0 N–H and O–H groups in total. The molecule has 0 saturated carbocycles. The fourth-order valence-electron chi connectivity index (χ4n) is 1.90. The van der Waals surface area contributed by atoms with Gasteiger partial charge in [0.15, 0.2) is 5.78 Å². The lowest BCUT2D eigenvalue weighted by atomic mass is 10.1. The highest BCUT2D eigenvalue weighted by atomic mass is 16.5. The maximum Gasteiger partial charge on any atom is 0.192 e. The average molecular weight is 250 g/mol. The second-order valence-corrected chi connectivity index (χ2v) is 4.87. The minimum atomic E-state index is -0.0388. The molecule has 100 valence electrons. The Balaban J connectivity index is 2.55. The lowest BCUT2D eigenvalue weighted by molar-refractivity contribution is 0.0443. The van der Waals surface area contributed by atoms with Crippen molar-refractivity contribution in [3.8, 4) is 5.75 Å². The van der Waals surface area contributed by atoms with Crippen molar-refractivity contribution in [2.24, 2.45) is 5.92 Å². The smallest absolute Gasteiger partial charge is 0.192 e. The molecule has 1 unspecified atom stereocenters. The Labute approximate surface area is 109 Å². The molecule has 0 aromatic heterocycles. The van der Waals surface area contributed by atoms with Crippen molar-refractivity contribution in [1.82, 2.24) is 0 Å². The van der Waals surface area contributed by atoms with Gasteiger partial charge in [0, 0.05) is 0 Å². The van der Waals surface area contributed by atoms with Crippen LogP contribution in [0.15, 0.2) is 24.3 Å². The van der Waals surface area contributed by atoms with E-state index in [-0.39, 0.29) is 18.5 Å². The quantitative estimate of drug-likeness (QED) is 0.696. The van der Waals surface area contributed by atoms with Gasteiger partial charge in [-0.2, -0.15) is 0 Å². The van der Waals surface area contributed by atoms with Crippen LogP contribution in [0.3, 0.4) is 0 Å². The van der Waals surface area contributed by atoms with Gasteiger partial charge in [-0.15, -0.1) is 0 Å². The fourth-order valence-corrected chi connectivity index (χ4v) is 1.90. The van der Waals surface area contributed by atoms with Crippen molar-refractivity contribution >= 4 is 5.78 Å². The zero-order chi connectivity index (χ0) is 13.5. The van der Waals surface area contributed by atoms with Gasteiger partial charge in [0.25, 0.3) is 0 Å². The Morgan fingerprint density at radius 2 is 1.89 bits per heavy atom. The van der Waals surface area contributed by atoms with Gasteiger partial charge in [0.05, 0.1) is 18.8 Å². The van der Waals surface area contributed by atoms with Crippen molar-refractivity contribution in [1.29, 1.82) is 0 Å². The lowest BCUT2D eigenvalue weighted by Crippen LogP contribution is -2.18. The number of carbonyl (C=O) groups excluding carboxylic acids is 1. The van der Waals surface area contributed by atoms with E-state index in [0.717, 1.165) is 6.42 Å². The van der Waals surface area contributed by atoms with Crippen molar-refractivity contribution in [3.63, 3.8) is 0 Å². The predicted octanol–water partition coefficient (Wildman–Crippen LogP) is 3.33. The maximum atomic E-state index is 12.0. The van der Waals surface area contributed by atoms with Crippen LogP contribution in [0.2, 0.25) is 0 Å². The monoisotopic (exact) mass is 250 g/mol. The predicted molar refractivity (Wildman–Crippen MR) is 72.2 cm³/mol. The standard InChI is InChI=1S/C15H22O3/c1-11(2)9-12(3)18-10-14(16)13-7-5-6-8-15(13)17-4/h5-8,11-12H,9-10H2,1-4H3. The second-order valence-electron chi connectivity index (χ2n) is 4.87. The van der Waals surface area contributed by atoms with Crippen LogP contribution < -0.4 is 4.74 Å². The van der Waals surface area contributed by atoms with Crippen LogP contribution >= 0.6 is 0 Å². The molecule has 0 aliphatic heterocycles. The van der Waals surface area contributed by atoms with E-state index in [1.807, 2.05) is 19.1 Å². The molecule has 0 bridgehead atoms. The largest absolute Gasteiger partial charge is 0.496 e. The Morgan fingerprint density at radius 3 is 2.50 bits per heavy atom. The van der Waals surface area contributed by atoms with E-state index in [2.05, 4.69) is 13.8 Å². The average Bonchev–Trinajstić information content (AvgIpc) is 2.35. The summed E-state index contributed by atoms with van der Waals surface area (Å²) in [6, 6.07) is 7.22. The highest BCUT2D eigenvalue weighted by molar-refractivity contribution is 5.99. The third kappa shape index (κ3) is 4.49. The maximum absolute atomic E-state index is 12.0. The van der Waals surface area contributed by atoms with E-state index >= 15 is 0 Å². The van der Waals surface area contributed by atoms with E-state index in [0.29, 0.717) is 17.2 Å². The third-order valence-electron chi connectivity index (χ3n) is 2.71. The van der Waals surface area contributed by atoms with Crippen LogP contribution in [0.25, 0.3) is 0 Å². The first kappa shape index (κ1) is 14.7. The molecule has 1 aromatic rings. The zero-order valence-electron chi connectivity index (χ0n) is 11.6. The number of para-hydroxylation sites is 1. The van der Waals surface area contributed by atoms with Crippen molar-refractivity contribution in [3.05, 3.63) is 29.8 Å². The van der Waals surface area contributed by atoms with Gasteiger partial charge < -0.3 is 9.47 Å². The molecule has 18 heavy (non-hydrogen) atoms. The normalized spacial score (nSPS) is 12.5. The third-order valence-corrected chi connectivity index (χ3v) is 2.71. The Bertz CT molecular complexity index is 385. The first-order valence-corrected chi connectivity index (χ1v) is 6.32. The molecule has 0 aliphatic carbocycles. The topological polar surface area (TPSA) is 35.5 Å². The molecule has 0 radical (unpaired) electrons.